The Kier molecular flexibility index (Phi) is 3.03. The van der Waals surface area contributed by atoms with Gasteiger partial charge in [-0.3, -0.25) is 4.79 Å². The number of hydrogen-bond donors (Lipinski definition) is 1. The molecular formula is C14H16N4O. The second-order valence-corrected chi connectivity index (χ2v) is 4.87. The molecular weight excluding hydrogens is 240 g/mol. The first-order valence-electron chi connectivity index (χ1n) is 6.47. The van der Waals surface area contributed by atoms with Crippen molar-refractivity contribution in [1.29, 1.82) is 0 Å². The van der Waals surface area contributed by atoms with Crippen LogP contribution in [0.4, 0.5) is 0 Å². The van der Waals surface area contributed by atoms with E-state index in [0.29, 0.717) is 5.69 Å². The molecule has 0 saturated heterocycles. The molecule has 0 unspecified atom stereocenters. The van der Waals surface area contributed by atoms with Crippen molar-refractivity contribution in [2.45, 2.75) is 32.4 Å². The number of aromatic nitrogens is 3. The Morgan fingerprint density at radius 3 is 3.21 bits per heavy atom. The Balaban J connectivity index is 1.68. The number of nitrogens with one attached hydrogen (secondary N) is 1. The van der Waals surface area contributed by atoms with E-state index in [-0.39, 0.29) is 11.9 Å². The molecule has 0 spiro atoms. The van der Waals surface area contributed by atoms with Crippen LogP contribution in [0.15, 0.2) is 30.6 Å². The molecule has 2 aromatic rings. The zero-order chi connectivity index (χ0) is 13.2. The van der Waals surface area contributed by atoms with Gasteiger partial charge in [-0.2, -0.15) is 0 Å². The third-order valence-electron chi connectivity index (χ3n) is 3.39. The van der Waals surface area contributed by atoms with E-state index in [9.17, 15) is 4.79 Å². The largest absolute Gasteiger partial charge is 0.346 e. The van der Waals surface area contributed by atoms with Gasteiger partial charge in [0.1, 0.15) is 11.5 Å². The Morgan fingerprint density at radius 1 is 1.47 bits per heavy atom. The number of nitrogens with zero attached hydrogens (tertiary/aromatic N) is 3. The predicted molar refractivity (Wildman–Crippen MR) is 70.8 cm³/mol. The van der Waals surface area contributed by atoms with Gasteiger partial charge in [0.15, 0.2) is 0 Å². The van der Waals surface area contributed by atoms with Gasteiger partial charge in [-0.1, -0.05) is 6.07 Å². The summed E-state index contributed by atoms with van der Waals surface area (Å²) in [7, 11) is 0. The molecule has 0 radical (unpaired) electrons. The van der Waals surface area contributed by atoms with E-state index in [0.717, 1.165) is 30.9 Å². The van der Waals surface area contributed by atoms with Crippen LogP contribution < -0.4 is 5.32 Å². The fourth-order valence-corrected chi connectivity index (χ4v) is 2.41. The number of fused-ring (bicyclic) bond motifs is 1. The van der Waals surface area contributed by atoms with Crippen molar-refractivity contribution in [1.82, 2.24) is 19.9 Å². The summed E-state index contributed by atoms with van der Waals surface area (Å²) in [6, 6.07) is 5.63. The Labute approximate surface area is 111 Å². The van der Waals surface area contributed by atoms with Crippen molar-refractivity contribution in [2.75, 3.05) is 0 Å². The van der Waals surface area contributed by atoms with Gasteiger partial charge in [-0.05, 0) is 25.5 Å². The third kappa shape index (κ3) is 2.50. The summed E-state index contributed by atoms with van der Waals surface area (Å²) in [6.45, 7) is 2.67. The van der Waals surface area contributed by atoms with Crippen molar-refractivity contribution in [3.05, 3.63) is 47.8 Å². The van der Waals surface area contributed by atoms with Gasteiger partial charge in [0.2, 0.25) is 0 Å². The van der Waals surface area contributed by atoms with Crippen LogP contribution in [-0.4, -0.2) is 26.5 Å². The average Bonchev–Trinajstić information content (AvgIpc) is 2.86. The lowest BCUT2D eigenvalue weighted by Crippen LogP contribution is -2.41. The monoisotopic (exact) mass is 256 g/mol. The van der Waals surface area contributed by atoms with Crippen LogP contribution in [0.3, 0.4) is 0 Å². The second kappa shape index (κ2) is 4.84. The van der Waals surface area contributed by atoms with Crippen LogP contribution in [0.5, 0.6) is 0 Å². The molecule has 5 heteroatoms. The van der Waals surface area contributed by atoms with Gasteiger partial charge in [-0.15, -0.1) is 0 Å². The highest BCUT2D eigenvalue weighted by Crippen LogP contribution is 2.13. The lowest BCUT2D eigenvalue weighted by Gasteiger charge is -2.24. The highest BCUT2D eigenvalue weighted by Gasteiger charge is 2.21. The van der Waals surface area contributed by atoms with Crippen LogP contribution in [-0.2, 0) is 13.0 Å². The average molecular weight is 256 g/mol. The fourth-order valence-electron chi connectivity index (χ4n) is 2.41. The van der Waals surface area contributed by atoms with E-state index in [1.54, 1.807) is 6.07 Å². The molecule has 1 amide bonds. The van der Waals surface area contributed by atoms with E-state index in [4.69, 9.17) is 0 Å². The fraction of sp³-hybridized carbons (Fsp3) is 0.357. The molecule has 1 atom stereocenters. The third-order valence-corrected chi connectivity index (χ3v) is 3.39. The van der Waals surface area contributed by atoms with E-state index in [2.05, 4.69) is 19.9 Å². The summed E-state index contributed by atoms with van der Waals surface area (Å²) in [6.07, 6.45) is 5.59. The predicted octanol–water partition coefficient (Wildman–Crippen LogP) is 1.33. The summed E-state index contributed by atoms with van der Waals surface area (Å²) in [5.74, 6) is 0.997. The number of rotatable bonds is 2. The molecule has 0 fully saturated rings. The summed E-state index contributed by atoms with van der Waals surface area (Å²) in [5.41, 5.74) is 1.34. The SMILES string of the molecule is Cc1cccc(C(=O)N[C@@H]2CCc3nccn3C2)n1. The van der Waals surface area contributed by atoms with Gasteiger partial charge in [0.25, 0.3) is 5.91 Å². The van der Waals surface area contributed by atoms with Gasteiger partial charge in [-0.25, -0.2) is 9.97 Å². The minimum Gasteiger partial charge on any atom is -0.346 e. The first-order chi connectivity index (χ1) is 9.22. The first-order valence-corrected chi connectivity index (χ1v) is 6.47. The van der Waals surface area contributed by atoms with E-state index in [1.807, 2.05) is 31.5 Å². The lowest BCUT2D eigenvalue weighted by atomic mass is 10.1. The van der Waals surface area contributed by atoms with E-state index in [1.165, 1.54) is 0 Å². The Bertz CT molecular complexity index is 605. The van der Waals surface area contributed by atoms with Crippen LogP contribution in [0, 0.1) is 6.92 Å². The molecule has 1 N–H and O–H groups in total. The summed E-state index contributed by atoms with van der Waals surface area (Å²) in [4.78, 5) is 20.6. The first kappa shape index (κ1) is 11.9. The molecule has 2 aromatic heterocycles. The standard InChI is InChI=1S/C14H16N4O/c1-10-3-2-4-12(16-10)14(19)17-11-5-6-13-15-7-8-18(13)9-11/h2-4,7-8,11H,5-6,9H2,1H3,(H,17,19)/t11-/m1/s1. The number of pyridine rings is 1. The minimum atomic E-state index is -0.0998. The smallest absolute Gasteiger partial charge is 0.270 e. The van der Waals surface area contributed by atoms with Gasteiger partial charge >= 0.3 is 0 Å². The Hall–Kier alpha value is -2.17. The van der Waals surface area contributed by atoms with Crippen LogP contribution in [0.2, 0.25) is 0 Å². The molecule has 3 heterocycles. The molecule has 0 bridgehead atoms. The van der Waals surface area contributed by atoms with Crippen molar-refractivity contribution in [3.8, 4) is 0 Å². The molecule has 0 saturated carbocycles. The maximum Gasteiger partial charge on any atom is 0.270 e. The maximum atomic E-state index is 12.1. The summed E-state index contributed by atoms with van der Waals surface area (Å²) < 4.78 is 2.10. The molecule has 1 aliphatic heterocycles. The van der Waals surface area contributed by atoms with Gasteiger partial charge < -0.3 is 9.88 Å². The topological polar surface area (TPSA) is 59.8 Å². The highest BCUT2D eigenvalue weighted by molar-refractivity contribution is 5.92. The molecule has 0 aromatic carbocycles. The van der Waals surface area contributed by atoms with Crippen LogP contribution in [0.25, 0.3) is 0 Å². The van der Waals surface area contributed by atoms with E-state index < -0.39 is 0 Å². The minimum absolute atomic E-state index is 0.0998. The zero-order valence-corrected chi connectivity index (χ0v) is 10.8. The molecule has 1 aliphatic rings. The number of hydrogen-bond acceptors (Lipinski definition) is 3. The Morgan fingerprint density at radius 2 is 2.37 bits per heavy atom. The number of carbonyl (C=O) groups is 1. The van der Waals surface area contributed by atoms with Gasteiger partial charge in [0, 0.05) is 37.1 Å². The normalized spacial score (nSPS) is 17.8. The van der Waals surface area contributed by atoms with Crippen molar-refractivity contribution >= 4 is 5.91 Å². The number of aryl methyl sites for hydroxylation is 2. The van der Waals surface area contributed by atoms with Gasteiger partial charge in [0.05, 0.1) is 0 Å². The molecule has 0 aliphatic carbocycles. The van der Waals surface area contributed by atoms with Crippen LogP contribution >= 0.6 is 0 Å². The molecule has 5 nitrogen and oxygen atoms in total. The number of imidazole rings is 1. The number of amides is 1. The summed E-state index contributed by atoms with van der Waals surface area (Å²) >= 11 is 0. The second-order valence-electron chi connectivity index (χ2n) is 4.87. The zero-order valence-electron chi connectivity index (χ0n) is 10.8. The number of carbonyl (C=O) groups excluding carboxylic acids is 1. The van der Waals surface area contributed by atoms with E-state index >= 15 is 0 Å². The highest BCUT2D eigenvalue weighted by atomic mass is 16.1. The lowest BCUT2D eigenvalue weighted by molar-refractivity contribution is 0.0922. The van der Waals surface area contributed by atoms with Crippen molar-refractivity contribution < 1.29 is 4.79 Å². The van der Waals surface area contributed by atoms with Crippen molar-refractivity contribution in [2.24, 2.45) is 0 Å². The molecule has 98 valence electrons. The molecule has 19 heavy (non-hydrogen) atoms. The van der Waals surface area contributed by atoms with Crippen molar-refractivity contribution in [3.63, 3.8) is 0 Å². The van der Waals surface area contributed by atoms with Crippen LogP contribution in [0.1, 0.15) is 28.4 Å². The summed E-state index contributed by atoms with van der Waals surface area (Å²) in [5, 5.41) is 3.04. The molecule has 3 rings (SSSR count). The maximum absolute atomic E-state index is 12.1. The quantitative estimate of drug-likeness (QED) is 0.882.